The Kier molecular flexibility index (Phi) is 3.82. The Morgan fingerprint density at radius 3 is 2.35 bits per heavy atom. The lowest BCUT2D eigenvalue weighted by molar-refractivity contribution is 0.256. The number of benzene rings is 1. The Morgan fingerprint density at radius 2 is 1.80 bits per heavy atom. The van der Waals surface area contributed by atoms with Crippen LogP contribution in [0.5, 0.6) is 0 Å². The number of rotatable bonds is 4. The molecule has 0 bridgehead atoms. The second kappa shape index (κ2) is 5.25. The van der Waals surface area contributed by atoms with Crippen LogP contribution < -0.4 is 0 Å². The predicted molar refractivity (Wildman–Crippen MR) is 61.4 cm³/mol. The Labute approximate surface area is 112 Å². The third-order valence-electron chi connectivity index (χ3n) is 2.25. The van der Waals surface area contributed by atoms with E-state index < -0.39 is 34.2 Å². The van der Waals surface area contributed by atoms with E-state index in [0.29, 0.717) is 0 Å². The number of halogens is 3. The quantitative estimate of drug-likeness (QED) is 0.640. The average molecular weight is 307 g/mol. The van der Waals surface area contributed by atoms with E-state index in [2.05, 4.69) is 9.34 Å². The zero-order valence-electron chi connectivity index (χ0n) is 10.1. The molecule has 0 aliphatic carbocycles. The van der Waals surface area contributed by atoms with Crippen molar-refractivity contribution in [2.45, 2.75) is 6.61 Å². The SMILES string of the molecule is CS(=O)(=O)OCc1cc(-c2cc(F)c(F)c(F)c2)no1. The molecule has 1 heterocycles. The van der Waals surface area contributed by atoms with Crippen LogP contribution in [0.25, 0.3) is 11.3 Å². The molecule has 0 fully saturated rings. The zero-order valence-corrected chi connectivity index (χ0v) is 10.9. The third-order valence-corrected chi connectivity index (χ3v) is 2.80. The van der Waals surface area contributed by atoms with Gasteiger partial charge in [-0.25, -0.2) is 13.2 Å². The van der Waals surface area contributed by atoms with Gasteiger partial charge in [-0.05, 0) is 12.1 Å². The highest BCUT2D eigenvalue weighted by atomic mass is 32.2. The summed E-state index contributed by atoms with van der Waals surface area (Å²) in [7, 11) is -3.65. The fourth-order valence-corrected chi connectivity index (χ4v) is 1.72. The molecule has 108 valence electrons. The molecule has 20 heavy (non-hydrogen) atoms. The van der Waals surface area contributed by atoms with E-state index in [4.69, 9.17) is 4.52 Å². The van der Waals surface area contributed by atoms with Gasteiger partial charge in [0.05, 0.1) is 6.26 Å². The van der Waals surface area contributed by atoms with Crippen molar-refractivity contribution in [1.82, 2.24) is 5.16 Å². The van der Waals surface area contributed by atoms with Crippen LogP contribution in [0, 0.1) is 17.5 Å². The molecule has 1 aromatic heterocycles. The van der Waals surface area contributed by atoms with Crippen LogP contribution in [-0.4, -0.2) is 19.8 Å². The molecular formula is C11H8F3NO4S. The van der Waals surface area contributed by atoms with Crippen LogP contribution in [0.1, 0.15) is 5.76 Å². The minimum atomic E-state index is -3.65. The van der Waals surface area contributed by atoms with Gasteiger partial charge >= 0.3 is 0 Å². The lowest BCUT2D eigenvalue weighted by Gasteiger charge is -1.98. The summed E-state index contributed by atoms with van der Waals surface area (Å²) >= 11 is 0. The van der Waals surface area contributed by atoms with Crippen LogP contribution in [0.15, 0.2) is 22.7 Å². The summed E-state index contributed by atoms with van der Waals surface area (Å²) in [6.07, 6.45) is 0.856. The van der Waals surface area contributed by atoms with Crippen molar-refractivity contribution in [3.8, 4) is 11.3 Å². The largest absolute Gasteiger partial charge is 0.358 e. The summed E-state index contributed by atoms with van der Waals surface area (Å²) in [6, 6.07) is 2.73. The van der Waals surface area contributed by atoms with Gasteiger partial charge < -0.3 is 4.52 Å². The van der Waals surface area contributed by atoms with E-state index in [1.165, 1.54) is 6.07 Å². The smallest absolute Gasteiger partial charge is 0.264 e. The molecular weight excluding hydrogens is 299 g/mol. The molecule has 0 aliphatic heterocycles. The number of aromatic nitrogens is 1. The summed E-state index contributed by atoms with van der Waals surface area (Å²) in [5.41, 5.74) is -0.0225. The fraction of sp³-hybridized carbons (Fsp3) is 0.182. The number of hydrogen-bond acceptors (Lipinski definition) is 5. The molecule has 5 nitrogen and oxygen atoms in total. The van der Waals surface area contributed by atoms with Gasteiger partial charge in [0.1, 0.15) is 12.3 Å². The molecule has 0 N–H and O–H groups in total. The molecule has 0 saturated heterocycles. The van der Waals surface area contributed by atoms with E-state index in [-0.39, 0.29) is 17.0 Å². The van der Waals surface area contributed by atoms with Crippen molar-refractivity contribution in [1.29, 1.82) is 0 Å². The second-order valence-corrected chi connectivity index (χ2v) is 5.54. The monoisotopic (exact) mass is 307 g/mol. The molecule has 0 spiro atoms. The Hall–Kier alpha value is -1.87. The topological polar surface area (TPSA) is 69.4 Å². The molecule has 0 unspecified atom stereocenters. The third kappa shape index (κ3) is 3.36. The van der Waals surface area contributed by atoms with Crippen molar-refractivity contribution in [3.63, 3.8) is 0 Å². The van der Waals surface area contributed by atoms with Crippen LogP contribution in [0.3, 0.4) is 0 Å². The number of hydrogen-bond donors (Lipinski definition) is 0. The second-order valence-electron chi connectivity index (χ2n) is 3.90. The van der Waals surface area contributed by atoms with Gasteiger partial charge in [0.15, 0.2) is 23.2 Å². The maximum absolute atomic E-state index is 13.1. The predicted octanol–water partition coefficient (Wildman–Crippen LogP) is 2.24. The minimum absolute atomic E-state index is 0.0231. The molecule has 2 rings (SSSR count). The van der Waals surface area contributed by atoms with Gasteiger partial charge in [-0.1, -0.05) is 5.16 Å². The van der Waals surface area contributed by atoms with Gasteiger partial charge in [-0.2, -0.15) is 8.42 Å². The molecule has 2 aromatic rings. The van der Waals surface area contributed by atoms with Gasteiger partial charge in [0, 0.05) is 11.6 Å². The molecule has 0 amide bonds. The Bertz CT molecular complexity index is 719. The van der Waals surface area contributed by atoms with Crippen LogP contribution in [0.2, 0.25) is 0 Å². The highest BCUT2D eigenvalue weighted by Gasteiger charge is 2.15. The van der Waals surface area contributed by atoms with E-state index in [1.54, 1.807) is 0 Å². The lowest BCUT2D eigenvalue weighted by Crippen LogP contribution is -2.01. The van der Waals surface area contributed by atoms with Gasteiger partial charge in [-0.3, -0.25) is 4.18 Å². The molecule has 0 radical (unpaired) electrons. The van der Waals surface area contributed by atoms with Crippen LogP contribution in [-0.2, 0) is 20.9 Å². The van der Waals surface area contributed by atoms with Crippen molar-refractivity contribution in [2.24, 2.45) is 0 Å². The first-order valence-electron chi connectivity index (χ1n) is 5.21. The first-order valence-corrected chi connectivity index (χ1v) is 7.03. The summed E-state index contributed by atoms with van der Waals surface area (Å²) in [4.78, 5) is 0. The van der Waals surface area contributed by atoms with Crippen LogP contribution in [0.4, 0.5) is 13.2 Å². The van der Waals surface area contributed by atoms with Gasteiger partial charge in [-0.15, -0.1) is 0 Å². The lowest BCUT2D eigenvalue weighted by atomic mass is 10.1. The van der Waals surface area contributed by atoms with E-state index in [9.17, 15) is 21.6 Å². The molecule has 0 aliphatic rings. The van der Waals surface area contributed by atoms with E-state index >= 15 is 0 Å². The Morgan fingerprint density at radius 1 is 1.20 bits per heavy atom. The summed E-state index contributed by atoms with van der Waals surface area (Å²) in [5, 5.41) is 3.49. The maximum atomic E-state index is 13.1. The van der Waals surface area contributed by atoms with Crippen molar-refractivity contribution in [3.05, 3.63) is 41.4 Å². The fourth-order valence-electron chi connectivity index (χ4n) is 1.39. The summed E-state index contributed by atoms with van der Waals surface area (Å²) < 4.78 is 69.7. The summed E-state index contributed by atoms with van der Waals surface area (Å²) in [5.74, 6) is -4.28. The molecule has 9 heteroatoms. The standard InChI is InChI=1S/C11H8F3NO4S/c1-20(16,17)18-5-7-4-10(15-19-7)6-2-8(12)11(14)9(13)3-6/h2-4H,5H2,1H3. The average Bonchev–Trinajstić information content (AvgIpc) is 2.81. The molecule has 1 aromatic carbocycles. The molecule has 0 saturated carbocycles. The van der Waals surface area contributed by atoms with E-state index in [1.807, 2.05) is 0 Å². The van der Waals surface area contributed by atoms with Gasteiger partial charge in [0.25, 0.3) is 10.1 Å². The summed E-state index contributed by atoms with van der Waals surface area (Å²) in [6.45, 7) is -0.405. The first kappa shape index (κ1) is 14.5. The maximum Gasteiger partial charge on any atom is 0.264 e. The van der Waals surface area contributed by atoms with Gasteiger partial charge in [0.2, 0.25) is 0 Å². The highest BCUT2D eigenvalue weighted by Crippen LogP contribution is 2.23. The Balaban J connectivity index is 2.25. The van der Waals surface area contributed by atoms with Crippen LogP contribution >= 0.6 is 0 Å². The van der Waals surface area contributed by atoms with Crippen molar-refractivity contribution in [2.75, 3.05) is 6.26 Å². The first-order chi connectivity index (χ1) is 9.26. The normalized spacial score (nSPS) is 11.8. The number of nitrogens with zero attached hydrogens (tertiary/aromatic N) is 1. The molecule has 0 atom stereocenters. The highest BCUT2D eigenvalue weighted by molar-refractivity contribution is 7.85. The zero-order chi connectivity index (χ0) is 14.9. The van der Waals surface area contributed by atoms with Crippen molar-refractivity contribution < 1.29 is 30.3 Å². The van der Waals surface area contributed by atoms with Crippen molar-refractivity contribution >= 4 is 10.1 Å². The minimum Gasteiger partial charge on any atom is -0.358 e. The van der Waals surface area contributed by atoms with E-state index in [0.717, 1.165) is 18.4 Å².